The average Bonchev–Trinajstić information content (AvgIpc) is 3.38. The molecule has 3 aliphatic rings. The summed E-state index contributed by atoms with van der Waals surface area (Å²) in [5, 5.41) is 15.5. The molecule has 2 fully saturated rings. The van der Waals surface area contributed by atoms with E-state index < -0.39 is 18.2 Å². The predicted octanol–water partition coefficient (Wildman–Crippen LogP) is 2.44. The van der Waals surface area contributed by atoms with Crippen LogP contribution in [0, 0.1) is 0 Å². The first kappa shape index (κ1) is 29.5. The normalized spacial score (nSPS) is 24.0. The van der Waals surface area contributed by atoms with E-state index in [1.54, 1.807) is 24.3 Å². The Balaban J connectivity index is 1.27. The fourth-order valence-corrected chi connectivity index (χ4v) is 5.34. The fraction of sp³-hybridized carbons (Fsp3) is 0.643. The van der Waals surface area contributed by atoms with Crippen molar-refractivity contribution in [1.82, 2.24) is 25.1 Å². The minimum atomic E-state index is -2.77. The van der Waals surface area contributed by atoms with Crippen LogP contribution in [0.3, 0.4) is 0 Å². The number of hydrogen-bond acceptors (Lipinski definition) is 9. The Morgan fingerprint density at radius 3 is 2.63 bits per heavy atom. The summed E-state index contributed by atoms with van der Waals surface area (Å²) in [6.45, 7) is 6.02. The molecule has 2 aliphatic heterocycles. The zero-order valence-corrected chi connectivity index (χ0v) is 23.6. The smallest absolute Gasteiger partial charge is 0.296 e. The largest absolute Gasteiger partial charge is 0.394 e. The molecule has 1 aliphatic carbocycles. The number of aliphatic hydroxyl groups excluding tert-OH is 1. The number of amides is 1. The molecule has 13 heteroatoms. The molecular weight excluding hydrogens is 536 g/mol. The Morgan fingerprint density at radius 1 is 1.20 bits per heavy atom. The number of nitrogens with zero attached hydrogens (tertiary/aromatic N) is 5. The molecule has 1 amide bonds. The van der Waals surface area contributed by atoms with Crippen LogP contribution in [0.25, 0.3) is 11.0 Å². The maximum Gasteiger partial charge on any atom is 0.296 e. The molecule has 2 aromatic rings. The van der Waals surface area contributed by atoms with Crippen molar-refractivity contribution in [2.45, 2.75) is 76.3 Å². The van der Waals surface area contributed by atoms with Crippen LogP contribution in [0.1, 0.15) is 58.2 Å². The van der Waals surface area contributed by atoms with Crippen molar-refractivity contribution in [1.29, 1.82) is 0 Å². The van der Waals surface area contributed by atoms with Gasteiger partial charge in [-0.15, -0.1) is 0 Å². The molecule has 1 aromatic carbocycles. The van der Waals surface area contributed by atoms with Gasteiger partial charge in [-0.05, 0) is 51.7 Å². The van der Waals surface area contributed by atoms with Gasteiger partial charge < -0.3 is 30.1 Å². The summed E-state index contributed by atoms with van der Waals surface area (Å²) in [5.41, 5.74) is 0.524. The van der Waals surface area contributed by atoms with E-state index in [0.29, 0.717) is 49.1 Å². The minimum Gasteiger partial charge on any atom is -0.394 e. The number of fused-ring (bicyclic) bond motifs is 1. The van der Waals surface area contributed by atoms with E-state index in [-0.39, 0.29) is 43.4 Å². The third kappa shape index (κ3) is 7.26. The molecule has 0 radical (unpaired) electrons. The molecule has 1 aromatic heterocycles. The molecule has 1 atom stereocenters. The van der Waals surface area contributed by atoms with Crippen molar-refractivity contribution in [2.24, 2.45) is 9.98 Å². The highest BCUT2D eigenvalue weighted by molar-refractivity contribution is 6.03. The maximum absolute atomic E-state index is 14.1. The van der Waals surface area contributed by atoms with Gasteiger partial charge in [0.15, 0.2) is 12.1 Å². The lowest BCUT2D eigenvalue weighted by atomic mass is 9.93. The first-order valence-corrected chi connectivity index (χ1v) is 14.3. The van der Waals surface area contributed by atoms with Gasteiger partial charge in [0.05, 0.1) is 49.9 Å². The third-order valence-corrected chi connectivity index (χ3v) is 7.69. The number of nitrogens with one attached hydrogen (secondary N) is 2. The van der Waals surface area contributed by atoms with Gasteiger partial charge in [-0.1, -0.05) is 12.1 Å². The molecule has 1 unspecified atom stereocenters. The van der Waals surface area contributed by atoms with E-state index in [1.807, 2.05) is 18.7 Å². The number of guanidine groups is 1. The number of morpholine rings is 1. The molecule has 0 bridgehead atoms. The number of rotatable bonds is 8. The lowest BCUT2D eigenvalue weighted by Gasteiger charge is -2.34. The maximum atomic E-state index is 14.1. The van der Waals surface area contributed by atoms with E-state index in [0.717, 1.165) is 25.7 Å². The summed E-state index contributed by atoms with van der Waals surface area (Å²) >= 11 is 0. The van der Waals surface area contributed by atoms with Gasteiger partial charge in [-0.2, -0.15) is 4.99 Å². The van der Waals surface area contributed by atoms with Crippen LogP contribution >= 0.6 is 0 Å². The van der Waals surface area contributed by atoms with Crippen molar-refractivity contribution in [2.75, 3.05) is 39.5 Å². The van der Waals surface area contributed by atoms with Gasteiger partial charge in [0, 0.05) is 24.7 Å². The van der Waals surface area contributed by atoms with Gasteiger partial charge in [0.2, 0.25) is 11.9 Å². The quantitative estimate of drug-likeness (QED) is 0.442. The van der Waals surface area contributed by atoms with Crippen LogP contribution in [-0.2, 0) is 14.3 Å². The van der Waals surface area contributed by atoms with Gasteiger partial charge in [-0.3, -0.25) is 9.36 Å². The zero-order chi connectivity index (χ0) is 29.0. The number of aliphatic hydroxyl groups is 1. The molecule has 5 rings (SSSR count). The molecule has 3 N–H and O–H groups in total. The van der Waals surface area contributed by atoms with E-state index in [4.69, 9.17) is 19.5 Å². The number of benzene rings is 1. The van der Waals surface area contributed by atoms with Crippen molar-refractivity contribution in [3.63, 3.8) is 0 Å². The molecule has 224 valence electrons. The molecule has 0 spiro atoms. The van der Waals surface area contributed by atoms with Crippen molar-refractivity contribution >= 4 is 28.7 Å². The van der Waals surface area contributed by atoms with Crippen LogP contribution in [0.4, 0.5) is 8.78 Å². The number of hydrogen-bond donors (Lipinski definition) is 3. The summed E-state index contributed by atoms with van der Waals surface area (Å²) in [6.07, 6.45) is -0.215. The summed E-state index contributed by atoms with van der Waals surface area (Å²) in [6, 6.07) is 7.10. The number of ether oxygens (including phenoxy) is 2. The number of aliphatic imine (C=N–C) groups is 2. The van der Waals surface area contributed by atoms with Crippen LogP contribution in [0.15, 0.2) is 34.3 Å². The molecule has 11 nitrogen and oxygen atoms in total. The minimum absolute atomic E-state index is 0.0446. The van der Waals surface area contributed by atoms with Gasteiger partial charge >= 0.3 is 0 Å². The van der Waals surface area contributed by atoms with E-state index in [1.165, 1.54) is 4.57 Å². The fourth-order valence-electron chi connectivity index (χ4n) is 5.34. The molecule has 41 heavy (non-hydrogen) atoms. The number of carbonyl (C=O) groups excluding carboxylic acids is 1. The zero-order valence-electron chi connectivity index (χ0n) is 23.6. The van der Waals surface area contributed by atoms with Gasteiger partial charge in [0.1, 0.15) is 5.84 Å². The number of halogens is 2. The highest BCUT2D eigenvalue weighted by atomic mass is 19.3. The monoisotopic (exact) mass is 575 g/mol. The molecule has 3 heterocycles. The number of alkyl halides is 2. The number of aromatic nitrogens is 2. The highest BCUT2D eigenvalue weighted by Gasteiger charge is 2.32. The van der Waals surface area contributed by atoms with Crippen molar-refractivity contribution < 1.29 is 28.2 Å². The lowest BCUT2D eigenvalue weighted by Crippen LogP contribution is -2.49. The van der Waals surface area contributed by atoms with Crippen LogP contribution in [0.2, 0.25) is 0 Å². The second-order valence-electron chi connectivity index (χ2n) is 11.4. The SMILES string of the molecule is CC(C)(CO)NCC(=O)N[C@H]1CC[C@H](OC2CC(n3c(C(F)F)nc4ccccc43)=NC(N3CCOCC3)=N2)CC1. The molecule has 1 saturated carbocycles. The van der Waals surface area contributed by atoms with E-state index in [2.05, 4.69) is 15.6 Å². The summed E-state index contributed by atoms with van der Waals surface area (Å²) in [7, 11) is 0. The van der Waals surface area contributed by atoms with Crippen molar-refractivity contribution in [3.05, 3.63) is 30.1 Å². The topological polar surface area (TPSA) is 126 Å². The Bertz CT molecular complexity index is 1270. The van der Waals surface area contributed by atoms with E-state index in [9.17, 15) is 18.7 Å². The molecule has 1 saturated heterocycles. The van der Waals surface area contributed by atoms with Crippen molar-refractivity contribution in [3.8, 4) is 0 Å². The number of para-hydroxylation sites is 2. The second-order valence-corrected chi connectivity index (χ2v) is 11.4. The third-order valence-electron chi connectivity index (χ3n) is 7.69. The predicted molar refractivity (Wildman–Crippen MR) is 150 cm³/mol. The Hall–Kier alpha value is -3.00. The van der Waals surface area contributed by atoms with E-state index >= 15 is 0 Å². The average molecular weight is 576 g/mol. The number of imidazole rings is 1. The summed E-state index contributed by atoms with van der Waals surface area (Å²) < 4.78 is 41.6. The van der Waals surface area contributed by atoms with Gasteiger partial charge in [0.25, 0.3) is 6.43 Å². The lowest BCUT2D eigenvalue weighted by molar-refractivity contribution is -0.122. The Kier molecular flexibility index (Phi) is 9.27. The first-order chi connectivity index (χ1) is 19.7. The van der Waals surface area contributed by atoms with Crippen LogP contribution in [-0.4, -0.2) is 101 Å². The van der Waals surface area contributed by atoms with Gasteiger partial charge in [-0.25, -0.2) is 18.8 Å². The second kappa shape index (κ2) is 12.9. The summed E-state index contributed by atoms with van der Waals surface area (Å²) in [5.74, 6) is 0.428. The highest BCUT2D eigenvalue weighted by Crippen LogP contribution is 2.29. The Labute approximate surface area is 238 Å². The van der Waals surface area contributed by atoms with Crippen LogP contribution < -0.4 is 10.6 Å². The molecular formula is C28H39F2N7O4. The Morgan fingerprint density at radius 2 is 1.93 bits per heavy atom. The summed E-state index contributed by atoms with van der Waals surface area (Å²) in [4.78, 5) is 28.1. The van der Waals surface area contributed by atoms with Crippen LogP contribution in [0.5, 0.6) is 0 Å². The number of carbonyl (C=O) groups is 1. The standard InChI is InChI=1S/C28H39F2N7O4/c1-28(2,17-38)31-16-23(39)32-18-7-9-19(10-8-18)41-24-15-22(34-27(35-24)36-11-13-40-14-12-36)37-21-6-4-3-5-20(21)33-26(37)25(29)30/h3-6,18-19,24-25,31,38H,7-17H2,1-2H3,(H,32,39)/t18-,19-,24?. The first-order valence-electron chi connectivity index (χ1n) is 14.3.